The van der Waals surface area contributed by atoms with Gasteiger partial charge in [0.15, 0.2) is 5.69 Å². The van der Waals surface area contributed by atoms with E-state index in [1.54, 1.807) is 17.5 Å². The fourth-order valence-electron chi connectivity index (χ4n) is 1.79. The van der Waals surface area contributed by atoms with Gasteiger partial charge in [-0.15, -0.1) is 21.6 Å². The van der Waals surface area contributed by atoms with Gasteiger partial charge in [-0.3, -0.25) is 4.79 Å². The lowest BCUT2D eigenvalue weighted by atomic mass is 10.2. The molecule has 0 spiro atoms. The molecule has 0 saturated carbocycles. The molecule has 0 aliphatic rings. The van der Waals surface area contributed by atoms with Crippen LogP contribution in [0.4, 0.5) is 10.1 Å². The molecule has 0 unspecified atom stereocenters. The van der Waals surface area contributed by atoms with E-state index in [4.69, 9.17) is 0 Å². The third kappa shape index (κ3) is 2.19. The number of aromatic hydroxyl groups is 1. The molecule has 5 nitrogen and oxygen atoms in total. The number of nitrogens with one attached hydrogen (secondary N) is 1. The number of carbonyl (C=O) groups is 1. The number of azo groups is 1. The fourth-order valence-corrected chi connectivity index (χ4v) is 2.39. The van der Waals surface area contributed by atoms with Crippen molar-refractivity contribution < 1.29 is 14.3 Å². The minimum atomic E-state index is -0.490. The number of H-pyrrole nitrogens is 1. The van der Waals surface area contributed by atoms with Crippen LogP contribution in [0, 0.1) is 5.82 Å². The highest BCUT2D eigenvalue weighted by molar-refractivity contribution is 7.12. The second-order valence-corrected chi connectivity index (χ2v) is 4.94. The highest BCUT2D eigenvalue weighted by Gasteiger charge is 2.12. The van der Waals surface area contributed by atoms with Crippen LogP contribution in [-0.4, -0.2) is 16.0 Å². The molecular weight excluding hydrogens is 281 g/mol. The molecule has 3 aromatic rings. The number of benzene rings is 1. The summed E-state index contributed by atoms with van der Waals surface area (Å²) in [6.45, 7) is 0. The van der Waals surface area contributed by atoms with Crippen LogP contribution >= 0.6 is 11.3 Å². The minimum absolute atomic E-state index is 0.116. The summed E-state index contributed by atoms with van der Waals surface area (Å²) in [5.41, 5.74) is 0.505. The van der Waals surface area contributed by atoms with Gasteiger partial charge >= 0.3 is 5.91 Å². The highest BCUT2D eigenvalue weighted by Crippen LogP contribution is 2.35. The van der Waals surface area contributed by atoms with Crippen LogP contribution in [0.25, 0.3) is 10.9 Å². The van der Waals surface area contributed by atoms with E-state index in [1.807, 2.05) is 0 Å². The number of nitrogens with zero attached hydrogens (tertiary/aromatic N) is 2. The average Bonchev–Trinajstić information content (AvgIpc) is 3.03. The fraction of sp³-hybridized carbons (Fsp3) is 0. The van der Waals surface area contributed by atoms with Crippen molar-refractivity contribution in [2.75, 3.05) is 0 Å². The van der Waals surface area contributed by atoms with E-state index in [9.17, 15) is 14.3 Å². The van der Waals surface area contributed by atoms with Crippen LogP contribution < -0.4 is 0 Å². The molecular formula is C13H8FN3O2S. The standard InChI is InChI=1S/C13H8FN3O2S/c14-7-3-4-8-9(6-7)15-13(19)11(8)16-17-12(18)10-2-1-5-20-10/h1-6,15,19H. The summed E-state index contributed by atoms with van der Waals surface area (Å²) in [4.78, 5) is 14.7. The Labute approximate surface area is 116 Å². The molecule has 0 atom stereocenters. The van der Waals surface area contributed by atoms with Crippen LogP contribution in [0.2, 0.25) is 0 Å². The predicted octanol–water partition coefficient (Wildman–Crippen LogP) is 4.00. The van der Waals surface area contributed by atoms with Crippen molar-refractivity contribution in [2.24, 2.45) is 10.2 Å². The lowest BCUT2D eigenvalue weighted by Crippen LogP contribution is -1.87. The highest BCUT2D eigenvalue weighted by atomic mass is 32.1. The van der Waals surface area contributed by atoms with Crippen molar-refractivity contribution in [3.8, 4) is 5.88 Å². The number of rotatable bonds is 2. The Balaban J connectivity index is 1.98. The Morgan fingerprint density at radius 1 is 1.35 bits per heavy atom. The largest absolute Gasteiger partial charge is 0.493 e. The topological polar surface area (TPSA) is 77.8 Å². The molecule has 2 N–H and O–H groups in total. The van der Waals surface area contributed by atoms with Gasteiger partial charge in [-0.2, -0.15) is 0 Å². The van der Waals surface area contributed by atoms with E-state index in [0.717, 1.165) is 0 Å². The molecule has 100 valence electrons. The molecule has 0 bridgehead atoms. The molecule has 7 heteroatoms. The molecule has 0 fully saturated rings. The molecule has 0 aliphatic carbocycles. The van der Waals surface area contributed by atoms with E-state index in [1.165, 1.54) is 29.5 Å². The van der Waals surface area contributed by atoms with Gasteiger partial charge in [0.1, 0.15) is 5.82 Å². The van der Waals surface area contributed by atoms with E-state index in [2.05, 4.69) is 15.2 Å². The number of aromatic nitrogens is 1. The Hall–Kier alpha value is -2.54. The normalized spacial score (nSPS) is 11.4. The van der Waals surface area contributed by atoms with Crippen molar-refractivity contribution in [1.29, 1.82) is 0 Å². The Bertz CT molecular complexity index is 809. The molecule has 20 heavy (non-hydrogen) atoms. The van der Waals surface area contributed by atoms with Crippen LogP contribution in [0.1, 0.15) is 9.67 Å². The van der Waals surface area contributed by atoms with Gasteiger partial charge in [-0.25, -0.2) is 4.39 Å². The van der Waals surface area contributed by atoms with Crippen LogP contribution in [0.3, 0.4) is 0 Å². The quantitative estimate of drug-likeness (QED) is 0.699. The third-order valence-corrected chi connectivity index (χ3v) is 3.54. The average molecular weight is 289 g/mol. The lowest BCUT2D eigenvalue weighted by Gasteiger charge is -1.91. The Morgan fingerprint density at radius 2 is 2.20 bits per heavy atom. The van der Waals surface area contributed by atoms with Crippen molar-refractivity contribution in [1.82, 2.24) is 4.98 Å². The molecule has 2 heterocycles. The number of halogens is 1. The van der Waals surface area contributed by atoms with Gasteiger partial charge in [-0.05, 0) is 29.6 Å². The molecule has 1 aromatic carbocycles. The molecule has 1 amide bonds. The first-order valence-corrected chi connectivity index (χ1v) is 6.53. The maximum Gasteiger partial charge on any atom is 0.305 e. The van der Waals surface area contributed by atoms with Crippen molar-refractivity contribution >= 4 is 33.8 Å². The third-order valence-electron chi connectivity index (χ3n) is 2.69. The summed E-state index contributed by atoms with van der Waals surface area (Å²) in [6.07, 6.45) is 0. The molecule has 0 radical (unpaired) electrons. The van der Waals surface area contributed by atoms with Gasteiger partial charge in [-0.1, -0.05) is 6.07 Å². The Kier molecular flexibility index (Phi) is 3.03. The van der Waals surface area contributed by atoms with E-state index >= 15 is 0 Å². The first-order valence-electron chi connectivity index (χ1n) is 5.65. The second-order valence-electron chi connectivity index (χ2n) is 3.99. The number of amides is 1. The summed E-state index contributed by atoms with van der Waals surface area (Å²) in [5, 5.41) is 19.3. The summed E-state index contributed by atoms with van der Waals surface area (Å²) >= 11 is 1.25. The molecule has 2 aromatic heterocycles. The summed E-state index contributed by atoms with van der Waals surface area (Å²) in [7, 11) is 0. The monoisotopic (exact) mass is 289 g/mol. The maximum absolute atomic E-state index is 13.1. The zero-order valence-corrected chi connectivity index (χ0v) is 10.8. The van der Waals surface area contributed by atoms with Gasteiger partial charge < -0.3 is 10.1 Å². The van der Waals surface area contributed by atoms with Crippen molar-refractivity contribution in [2.45, 2.75) is 0 Å². The lowest BCUT2D eigenvalue weighted by molar-refractivity contribution is 0.0999. The summed E-state index contributed by atoms with van der Waals surface area (Å²) < 4.78 is 13.1. The zero-order valence-electron chi connectivity index (χ0n) is 10.0. The van der Waals surface area contributed by atoms with Crippen LogP contribution in [0.15, 0.2) is 45.9 Å². The van der Waals surface area contributed by atoms with E-state index in [-0.39, 0.29) is 11.6 Å². The maximum atomic E-state index is 13.1. The van der Waals surface area contributed by atoms with Crippen LogP contribution in [0.5, 0.6) is 5.88 Å². The van der Waals surface area contributed by atoms with Crippen molar-refractivity contribution in [3.05, 3.63) is 46.4 Å². The minimum Gasteiger partial charge on any atom is -0.493 e. The predicted molar refractivity (Wildman–Crippen MR) is 73.1 cm³/mol. The molecule has 0 saturated heterocycles. The summed E-state index contributed by atoms with van der Waals surface area (Å²) in [5.74, 6) is -1.18. The number of thiophene rings is 1. The number of aromatic amines is 1. The van der Waals surface area contributed by atoms with Crippen molar-refractivity contribution in [3.63, 3.8) is 0 Å². The Morgan fingerprint density at radius 3 is 2.95 bits per heavy atom. The molecule has 3 rings (SSSR count). The number of fused-ring (bicyclic) bond motifs is 1. The number of hydrogen-bond donors (Lipinski definition) is 2. The molecule has 0 aliphatic heterocycles. The number of carbonyl (C=O) groups excluding carboxylic acids is 1. The smallest absolute Gasteiger partial charge is 0.305 e. The van der Waals surface area contributed by atoms with Gasteiger partial charge in [0.25, 0.3) is 0 Å². The SMILES string of the molecule is O=C(N=Nc1c(O)[nH]c2cc(F)ccc12)c1cccs1. The first-order chi connectivity index (χ1) is 9.65. The zero-order chi connectivity index (χ0) is 14.1. The summed E-state index contributed by atoms with van der Waals surface area (Å²) in [6, 6.07) is 7.31. The van der Waals surface area contributed by atoms with Gasteiger partial charge in [0.05, 0.1) is 10.4 Å². The van der Waals surface area contributed by atoms with Crippen LogP contribution in [-0.2, 0) is 0 Å². The van der Waals surface area contributed by atoms with E-state index in [0.29, 0.717) is 15.8 Å². The second kappa shape index (κ2) is 4.86. The number of hydrogen-bond acceptors (Lipinski definition) is 4. The van der Waals surface area contributed by atoms with Gasteiger partial charge in [0.2, 0.25) is 5.88 Å². The first kappa shape index (κ1) is 12.5. The van der Waals surface area contributed by atoms with E-state index < -0.39 is 11.7 Å². The van der Waals surface area contributed by atoms with Gasteiger partial charge in [0, 0.05) is 5.39 Å².